The number of aliphatic hydroxyl groups excluding tert-OH is 2. The van der Waals surface area contributed by atoms with E-state index < -0.39 is 37.3 Å². The third-order valence-corrected chi connectivity index (χ3v) is 5.53. The average molecular weight is 413 g/mol. The maximum absolute atomic E-state index is 13.9. The van der Waals surface area contributed by atoms with Crippen LogP contribution in [0.4, 0.5) is 8.78 Å². The van der Waals surface area contributed by atoms with Crippen molar-refractivity contribution in [3.05, 3.63) is 63.7 Å². The van der Waals surface area contributed by atoms with Crippen molar-refractivity contribution in [2.75, 3.05) is 6.61 Å². The van der Waals surface area contributed by atoms with Gasteiger partial charge in [-0.2, -0.15) is 0 Å². The summed E-state index contributed by atoms with van der Waals surface area (Å²) in [6.45, 7) is 1.13. The highest BCUT2D eigenvalue weighted by atomic mass is 35.5. The highest BCUT2D eigenvalue weighted by molar-refractivity contribution is 6.31. The van der Waals surface area contributed by atoms with Gasteiger partial charge in [0.15, 0.2) is 0 Å². The molecule has 2 aromatic rings. The summed E-state index contributed by atoms with van der Waals surface area (Å²) in [6, 6.07) is 11.0. The Bertz CT molecular complexity index is 826. The number of phenols is 1. The molecule has 0 aromatic heterocycles. The van der Waals surface area contributed by atoms with Crippen molar-refractivity contribution in [1.82, 2.24) is 0 Å². The Morgan fingerprint density at radius 3 is 2.43 bits per heavy atom. The summed E-state index contributed by atoms with van der Waals surface area (Å²) in [4.78, 5) is 0. The maximum Gasteiger partial charge on any atom is 0.301 e. The van der Waals surface area contributed by atoms with Gasteiger partial charge in [0.25, 0.3) is 0 Å². The number of ether oxygens (including phenoxy) is 1. The third kappa shape index (κ3) is 4.15. The molecule has 0 bridgehead atoms. The quantitative estimate of drug-likeness (QED) is 0.693. The van der Waals surface area contributed by atoms with Crippen LogP contribution in [0, 0.1) is 0 Å². The topological polar surface area (TPSA) is 69.9 Å². The molecule has 3 unspecified atom stereocenters. The van der Waals surface area contributed by atoms with Gasteiger partial charge >= 0.3 is 5.92 Å². The highest BCUT2D eigenvalue weighted by Crippen LogP contribution is 2.43. The summed E-state index contributed by atoms with van der Waals surface area (Å²) in [6.07, 6.45) is -3.79. The second-order valence-corrected chi connectivity index (χ2v) is 7.48. The zero-order chi connectivity index (χ0) is 20.5. The Morgan fingerprint density at radius 1 is 1.18 bits per heavy atom. The summed E-state index contributed by atoms with van der Waals surface area (Å²) in [5.41, 5.74) is 3.19. The molecule has 0 amide bonds. The minimum Gasteiger partial charge on any atom is -0.508 e. The Hall–Kier alpha value is -1.73. The summed E-state index contributed by atoms with van der Waals surface area (Å²) < 4.78 is 33.2. The van der Waals surface area contributed by atoms with Gasteiger partial charge in [0.1, 0.15) is 18.0 Å². The van der Waals surface area contributed by atoms with Gasteiger partial charge in [-0.1, -0.05) is 42.8 Å². The molecule has 1 aliphatic rings. The predicted octanol–water partition coefficient (Wildman–Crippen LogP) is 4.02. The molecule has 0 saturated carbocycles. The van der Waals surface area contributed by atoms with Crippen LogP contribution < -0.4 is 0 Å². The fourth-order valence-corrected chi connectivity index (χ4v) is 3.64. The van der Waals surface area contributed by atoms with Crippen molar-refractivity contribution >= 4 is 11.6 Å². The molecule has 1 fully saturated rings. The lowest BCUT2D eigenvalue weighted by atomic mass is 9.91. The van der Waals surface area contributed by atoms with E-state index in [4.69, 9.17) is 16.3 Å². The molecule has 152 valence electrons. The van der Waals surface area contributed by atoms with Crippen molar-refractivity contribution in [3.8, 4) is 5.75 Å². The summed E-state index contributed by atoms with van der Waals surface area (Å²) in [5.74, 6) is -3.76. The number of phenolic OH excluding ortho intramolecular Hbond substituents is 1. The van der Waals surface area contributed by atoms with Gasteiger partial charge in [-0.25, -0.2) is 8.78 Å². The molecule has 7 heteroatoms. The van der Waals surface area contributed by atoms with Crippen molar-refractivity contribution in [2.24, 2.45) is 0 Å². The van der Waals surface area contributed by atoms with E-state index in [0.717, 1.165) is 12.0 Å². The number of hydrogen-bond donors (Lipinski definition) is 3. The first-order valence-electron chi connectivity index (χ1n) is 9.17. The van der Waals surface area contributed by atoms with Crippen LogP contribution in [0.2, 0.25) is 5.02 Å². The SMILES string of the molecule is CCc1ccc(Cc2cc(C3CC(O)C(F)(F)C(CO)O3)c(O)cc2Cl)cc1. The Morgan fingerprint density at radius 2 is 1.82 bits per heavy atom. The molecule has 3 atom stereocenters. The number of rotatable bonds is 5. The van der Waals surface area contributed by atoms with Crippen LogP contribution >= 0.6 is 11.6 Å². The smallest absolute Gasteiger partial charge is 0.301 e. The Balaban J connectivity index is 1.88. The van der Waals surface area contributed by atoms with E-state index in [1.165, 1.54) is 11.6 Å². The molecular formula is C21H23ClF2O4. The van der Waals surface area contributed by atoms with Crippen LogP contribution in [0.1, 0.15) is 41.7 Å². The largest absolute Gasteiger partial charge is 0.508 e. The van der Waals surface area contributed by atoms with Crippen LogP contribution in [-0.4, -0.2) is 40.1 Å². The average Bonchev–Trinajstić information content (AvgIpc) is 2.66. The molecule has 1 aliphatic heterocycles. The number of benzene rings is 2. The van der Waals surface area contributed by atoms with Gasteiger partial charge in [-0.3, -0.25) is 0 Å². The molecule has 3 rings (SSSR count). The molecule has 3 N–H and O–H groups in total. The third-order valence-electron chi connectivity index (χ3n) is 5.17. The molecule has 0 spiro atoms. The summed E-state index contributed by atoms with van der Waals surface area (Å²) in [7, 11) is 0. The molecule has 0 aliphatic carbocycles. The van der Waals surface area contributed by atoms with E-state index in [-0.39, 0.29) is 11.3 Å². The summed E-state index contributed by atoms with van der Waals surface area (Å²) in [5, 5.41) is 29.7. The van der Waals surface area contributed by atoms with E-state index in [1.807, 2.05) is 24.3 Å². The zero-order valence-corrected chi connectivity index (χ0v) is 16.2. The van der Waals surface area contributed by atoms with Crippen LogP contribution in [0.25, 0.3) is 0 Å². The van der Waals surface area contributed by atoms with E-state index in [9.17, 15) is 24.1 Å². The lowest BCUT2D eigenvalue weighted by Crippen LogP contribution is -2.53. The molecular weight excluding hydrogens is 390 g/mol. The first-order valence-corrected chi connectivity index (χ1v) is 9.55. The normalized spacial score (nSPS) is 24.3. The van der Waals surface area contributed by atoms with E-state index in [2.05, 4.69) is 6.92 Å². The Kier molecular flexibility index (Phi) is 6.25. The molecule has 1 saturated heterocycles. The second kappa shape index (κ2) is 8.33. The van der Waals surface area contributed by atoms with Crippen molar-refractivity contribution < 1.29 is 28.8 Å². The van der Waals surface area contributed by atoms with Gasteiger partial charge in [0.2, 0.25) is 0 Å². The fourth-order valence-electron chi connectivity index (χ4n) is 3.42. The van der Waals surface area contributed by atoms with Crippen LogP contribution in [-0.2, 0) is 17.6 Å². The van der Waals surface area contributed by atoms with Gasteiger partial charge in [-0.15, -0.1) is 0 Å². The Labute approximate surface area is 167 Å². The molecule has 4 nitrogen and oxygen atoms in total. The van der Waals surface area contributed by atoms with E-state index >= 15 is 0 Å². The highest BCUT2D eigenvalue weighted by Gasteiger charge is 2.53. The molecule has 2 aromatic carbocycles. The lowest BCUT2D eigenvalue weighted by molar-refractivity contribution is -0.259. The fraction of sp³-hybridized carbons (Fsp3) is 0.429. The van der Waals surface area contributed by atoms with E-state index in [0.29, 0.717) is 17.0 Å². The molecule has 0 radical (unpaired) electrons. The number of hydrogen-bond acceptors (Lipinski definition) is 4. The van der Waals surface area contributed by atoms with Gasteiger partial charge in [0, 0.05) is 17.0 Å². The zero-order valence-electron chi connectivity index (χ0n) is 15.4. The predicted molar refractivity (Wildman–Crippen MR) is 102 cm³/mol. The van der Waals surface area contributed by atoms with Crippen molar-refractivity contribution in [3.63, 3.8) is 0 Å². The minimum absolute atomic E-state index is 0.200. The van der Waals surface area contributed by atoms with Gasteiger partial charge in [0.05, 0.1) is 12.7 Å². The van der Waals surface area contributed by atoms with Gasteiger partial charge in [-0.05, 0) is 41.7 Å². The number of halogens is 3. The number of aromatic hydroxyl groups is 1. The van der Waals surface area contributed by atoms with Crippen molar-refractivity contribution in [2.45, 2.75) is 50.4 Å². The first kappa shape index (κ1) is 21.0. The maximum atomic E-state index is 13.9. The van der Waals surface area contributed by atoms with Crippen LogP contribution in [0.5, 0.6) is 5.75 Å². The lowest BCUT2D eigenvalue weighted by Gasteiger charge is -2.39. The molecule has 28 heavy (non-hydrogen) atoms. The minimum atomic E-state index is -3.56. The van der Waals surface area contributed by atoms with E-state index in [1.54, 1.807) is 6.07 Å². The van der Waals surface area contributed by atoms with Crippen LogP contribution in [0.15, 0.2) is 36.4 Å². The standard InChI is InChI=1S/C21H23ClF2O4/c1-2-12-3-5-13(6-4-12)7-14-8-15(17(26)9-16(14)22)18-10-19(27)21(23,24)20(11-25)28-18/h3-6,8-9,18-20,25-27H,2,7,10-11H2,1H3. The van der Waals surface area contributed by atoms with Gasteiger partial charge < -0.3 is 20.1 Å². The molecule has 1 heterocycles. The monoisotopic (exact) mass is 412 g/mol. The number of aliphatic hydroxyl groups is 2. The second-order valence-electron chi connectivity index (χ2n) is 7.07. The van der Waals surface area contributed by atoms with Crippen molar-refractivity contribution in [1.29, 1.82) is 0 Å². The van der Waals surface area contributed by atoms with Crippen LogP contribution in [0.3, 0.4) is 0 Å². The first-order chi connectivity index (χ1) is 13.3. The number of aryl methyl sites for hydroxylation is 1. The number of alkyl halides is 2. The summed E-state index contributed by atoms with van der Waals surface area (Å²) >= 11 is 6.27.